The summed E-state index contributed by atoms with van der Waals surface area (Å²) < 4.78 is 13.1. The summed E-state index contributed by atoms with van der Waals surface area (Å²) in [7, 11) is 1.58. The quantitative estimate of drug-likeness (QED) is 0.516. The van der Waals surface area contributed by atoms with Crippen molar-refractivity contribution in [3.8, 4) is 11.5 Å². The third kappa shape index (κ3) is 5.54. The van der Waals surface area contributed by atoms with Crippen LogP contribution >= 0.6 is 11.8 Å². The number of carbonyl (C=O) groups is 1. The number of hydrogen-bond donors (Lipinski definition) is 1. The number of aryl methyl sites for hydroxylation is 2. The predicted molar refractivity (Wildman–Crippen MR) is 118 cm³/mol. The Balaban J connectivity index is 1.60. The van der Waals surface area contributed by atoms with Crippen molar-refractivity contribution in [2.24, 2.45) is 0 Å². The van der Waals surface area contributed by atoms with E-state index in [1.807, 2.05) is 67.8 Å². The van der Waals surface area contributed by atoms with Crippen molar-refractivity contribution in [3.63, 3.8) is 0 Å². The van der Waals surface area contributed by atoms with Gasteiger partial charge < -0.3 is 19.4 Å². The average Bonchev–Trinajstić information content (AvgIpc) is 3.13. The zero-order valence-electron chi connectivity index (χ0n) is 17.6. The summed E-state index contributed by atoms with van der Waals surface area (Å²) in [4.78, 5) is 12.4. The molecule has 0 fully saturated rings. The molecule has 0 aliphatic rings. The molecule has 1 N–H and O–H groups in total. The first kappa shape index (κ1) is 21.7. The minimum Gasteiger partial charge on any atom is -0.495 e. The van der Waals surface area contributed by atoms with E-state index in [-0.39, 0.29) is 11.7 Å². The molecule has 0 saturated heterocycles. The summed E-state index contributed by atoms with van der Waals surface area (Å²) in [5.74, 6) is 2.23. The number of nitrogens with one attached hydrogen (secondary N) is 1. The van der Waals surface area contributed by atoms with Crippen LogP contribution in [0.2, 0.25) is 0 Å². The van der Waals surface area contributed by atoms with Crippen molar-refractivity contribution in [2.45, 2.75) is 39.1 Å². The summed E-state index contributed by atoms with van der Waals surface area (Å²) >= 11 is 1.34. The number of ether oxygens (including phenoxy) is 2. The number of thioether (sulfide) groups is 1. The fourth-order valence-electron chi connectivity index (χ4n) is 2.94. The van der Waals surface area contributed by atoms with Crippen LogP contribution in [0, 0.1) is 13.8 Å². The molecule has 3 rings (SSSR count). The van der Waals surface area contributed by atoms with Crippen molar-refractivity contribution >= 4 is 23.4 Å². The highest BCUT2D eigenvalue weighted by Gasteiger charge is 2.15. The molecule has 0 atom stereocenters. The normalized spacial score (nSPS) is 10.7. The molecule has 30 heavy (non-hydrogen) atoms. The average molecular weight is 427 g/mol. The molecule has 158 valence electrons. The summed E-state index contributed by atoms with van der Waals surface area (Å²) in [6, 6.07) is 13.5. The molecule has 0 aliphatic heterocycles. The molecule has 7 nitrogen and oxygen atoms in total. The lowest BCUT2D eigenvalue weighted by Gasteiger charge is -2.11. The van der Waals surface area contributed by atoms with E-state index < -0.39 is 0 Å². The second-order valence-corrected chi connectivity index (χ2v) is 7.73. The number of aromatic nitrogens is 3. The number of anilines is 1. The Labute approximate surface area is 180 Å². The number of methoxy groups -OCH3 is 1. The smallest absolute Gasteiger partial charge is 0.234 e. The van der Waals surface area contributed by atoms with Gasteiger partial charge >= 0.3 is 0 Å². The fourth-order valence-corrected chi connectivity index (χ4v) is 3.76. The third-order valence-corrected chi connectivity index (χ3v) is 5.40. The van der Waals surface area contributed by atoms with E-state index >= 15 is 0 Å². The van der Waals surface area contributed by atoms with Crippen molar-refractivity contribution in [1.82, 2.24) is 14.8 Å². The van der Waals surface area contributed by atoms with Gasteiger partial charge in [-0.25, -0.2) is 0 Å². The van der Waals surface area contributed by atoms with Crippen LogP contribution in [0.15, 0.2) is 47.6 Å². The molecule has 0 saturated carbocycles. The van der Waals surface area contributed by atoms with Crippen LogP contribution in [-0.2, 0) is 17.9 Å². The van der Waals surface area contributed by atoms with E-state index in [2.05, 4.69) is 15.5 Å². The highest BCUT2D eigenvalue weighted by molar-refractivity contribution is 7.99. The van der Waals surface area contributed by atoms with Gasteiger partial charge in [0.1, 0.15) is 18.1 Å². The van der Waals surface area contributed by atoms with Crippen LogP contribution in [0.3, 0.4) is 0 Å². The molecule has 3 aromatic rings. The highest BCUT2D eigenvalue weighted by Crippen LogP contribution is 2.26. The highest BCUT2D eigenvalue weighted by atomic mass is 32.2. The van der Waals surface area contributed by atoms with Crippen LogP contribution in [0.4, 0.5) is 5.69 Å². The van der Waals surface area contributed by atoms with Gasteiger partial charge in [0.15, 0.2) is 11.0 Å². The number of hydrogen-bond acceptors (Lipinski definition) is 6. The Hall–Kier alpha value is -3.00. The summed E-state index contributed by atoms with van der Waals surface area (Å²) in [6.45, 7) is 7.01. The number of benzene rings is 2. The maximum Gasteiger partial charge on any atom is 0.234 e. The number of carbonyl (C=O) groups excluding carboxylic acids is 1. The first-order valence-electron chi connectivity index (χ1n) is 9.69. The van der Waals surface area contributed by atoms with Crippen molar-refractivity contribution in [2.75, 3.05) is 18.2 Å². The van der Waals surface area contributed by atoms with Gasteiger partial charge in [-0.05, 0) is 56.2 Å². The van der Waals surface area contributed by atoms with Gasteiger partial charge in [-0.2, -0.15) is 0 Å². The summed E-state index contributed by atoms with van der Waals surface area (Å²) in [5.41, 5.74) is 2.84. The number of rotatable bonds is 9. The van der Waals surface area contributed by atoms with Crippen LogP contribution in [-0.4, -0.2) is 33.5 Å². The standard InChI is InChI=1S/C22H26N4O3S/c1-5-26-20(13-29-17-8-6-7-15(2)11-17)24-25-22(26)30-14-21(27)23-18-12-16(3)9-10-19(18)28-4/h6-12H,5,13-14H2,1-4H3,(H,23,27). The first-order valence-corrected chi connectivity index (χ1v) is 10.7. The molecular weight excluding hydrogens is 400 g/mol. The molecule has 8 heteroatoms. The van der Waals surface area contributed by atoms with Crippen molar-refractivity contribution in [3.05, 3.63) is 59.4 Å². The number of nitrogens with zero attached hydrogens (tertiary/aromatic N) is 3. The molecule has 2 aromatic carbocycles. The second-order valence-electron chi connectivity index (χ2n) is 6.79. The van der Waals surface area contributed by atoms with E-state index in [0.717, 1.165) is 22.7 Å². The van der Waals surface area contributed by atoms with E-state index in [1.165, 1.54) is 11.8 Å². The maximum atomic E-state index is 12.4. The molecule has 0 unspecified atom stereocenters. The Bertz CT molecular complexity index is 1020. The van der Waals surface area contributed by atoms with Gasteiger partial charge in [0, 0.05) is 6.54 Å². The van der Waals surface area contributed by atoms with Crippen LogP contribution in [0.1, 0.15) is 23.9 Å². The topological polar surface area (TPSA) is 78.3 Å². The van der Waals surface area contributed by atoms with Gasteiger partial charge in [-0.3, -0.25) is 4.79 Å². The van der Waals surface area contributed by atoms with Crippen molar-refractivity contribution in [1.29, 1.82) is 0 Å². The number of amides is 1. The first-order chi connectivity index (χ1) is 14.5. The van der Waals surface area contributed by atoms with Crippen molar-refractivity contribution < 1.29 is 14.3 Å². The molecular formula is C22H26N4O3S. The molecule has 0 bridgehead atoms. The lowest BCUT2D eigenvalue weighted by molar-refractivity contribution is -0.113. The van der Waals surface area contributed by atoms with Gasteiger partial charge in [0.25, 0.3) is 0 Å². The molecule has 0 aliphatic carbocycles. The zero-order chi connectivity index (χ0) is 21.5. The molecule has 1 amide bonds. The van der Waals surface area contributed by atoms with Gasteiger partial charge in [0.05, 0.1) is 18.6 Å². The monoisotopic (exact) mass is 426 g/mol. The zero-order valence-corrected chi connectivity index (χ0v) is 18.5. The van der Waals surface area contributed by atoms with E-state index in [0.29, 0.717) is 29.7 Å². The Morgan fingerprint density at radius 1 is 1.13 bits per heavy atom. The summed E-state index contributed by atoms with van der Waals surface area (Å²) in [5, 5.41) is 12.1. The molecule has 1 aromatic heterocycles. The van der Waals surface area contributed by atoms with E-state index in [9.17, 15) is 4.79 Å². The predicted octanol–water partition coefficient (Wildman–Crippen LogP) is 4.23. The van der Waals surface area contributed by atoms with E-state index in [4.69, 9.17) is 9.47 Å². The molecule has 0 radical (unpaired) electrons. The Kier molecular flexibility index (Phi) is 7.35. The largest absolute Gasteiger partial charge is 0.495 e. The minimum atomic E-state index is -0.132. The third-order valence-electron chi connectivity index (χ3n) is 4.43. The van der Waals surface area contributed by atoms with Gasteiger partial charge in [-0.1, -0.05) is 30.0 Å². The lowest BCUT2D eigenvalue weighted by Crippen LogP contribution is -2.15. The minimum absolute atomic E-state index is 0.132. The second kappa shape index (κ2) is 10.2. The van der Waals surface area contributed by atoms with Gasteiger partial charge in [0.2, 0.25) is 5.91 Å². The Morgan fingerprint density at radius 2 is 1.93 bits per heavy atom. The Morgan fingerprint density at radius 3 is 2.67 bits per heavy atom. The summed E-state index contributed by atoms with van der Waals surface area (Å²) in [6.07, 6.45) is 0. The van der Waals surface area contributed by atoms with Crippen LogP contribution < -0.4 is 14.8 Å². The van der Waals surface area contributed by atoms with E-state index in [1.54, 1.807) is 7.11 Å². The SMILES string of the molecule is CCn1c(COc2cccc(C)c2)nnc1SCC(=O)Nc1cc(C)ccc1OC. The van der Waals surface area contributed by atoms with Crippen LogP contribution in [0.25, 0.3) is 0 Å². The maximum absolute atomic E-state index is 12.4. The molecule has 0 spiro atoms. The van der Waals surface area contributed by atoms with Crippen LogP contribution in [0.5, 0.6) is 11.5 Å². The lowest BCUT2D eigenvalue weighted by atomic mass is 10.2. The molecule has 1 heterocycles. The van der Waals surface area contributed by atoms with Gasteiger partial charge in [-0.15, -0.1) is 10.2 Å². The fraction of sp³-hybridized carbons (Fsp3) is 0.318.